The highest BCUT2D eigenvalue weighted by Gasteiger charge is 2.00. The molecule has 3 nitrogen and oxygen atoms in total. The van der Waals surface area contributed by atoms with E-state index in [0.29, 0.717) is 18.1 Å². The van der Waals surface area contributed by atoms with Crippen LogP contribution in [0.4, 0.5) is 4.39 Å². The predicted molar refractivity (Wildman–Crippen MR) is 68.1 cm³/mol. The number of aliphatic imine (C=N–C) groups is 1. The van der Waals surface area contributed by atoms with Gasteiger partial charge in [0.05, 0.1) is 13.1 Å². The van der Waals surface area contributed by atoms with E-state index in [-0.39, 0.29) is 12.4 Å². The van der Waals surface area contributed by atoms with Gasteiger partial charge in [0, 0.05) is 12.1 Å². The highest BCUT2D eigenvalue weighted by molar-refractivity contribution is 5.79. The number of halogens is 1. The molecule has 0 saturated heterocycles. The fourth-order valence-corrected chi connectivity index (χ4v) is 1.27. The Morgan fingerprint density at radius 3 is 2.82 bits per heavy atom. The number of nitrogens with zero attached hydrogens (tertiary/aromatic N) is 1. The van der Waals surface area contributed by atoms with E-state index in [1.54, 1.807) is 18.2 Å². The lowest BCUT2D eigenvalue weighted by atomic mass is 10.2. The molecule has 2 N–H and O–H groups in total. The van der Waals surface area contributed by atoms with E-state index in [1.807, 2.05) is 6.92 Å². The van der Waals surface area contributed by atoms with Crippen LogP contribution in [-0.4, -0.2) is 19.0 Å². The van der Waals surface area contributed by atoms with Crippen molar-refractivity contribution in [3.63, 3.8) is 0 Å². The molecule has 0 bridgehead atoms. The second-order valence-electron chi connectivity index (χ2n) is 3.34. The van der Waals surface area contributed by atoms with E-state index in [9.17, 15) is 4.39 Å². The lowest BCUT2D eigenvalue weighted by molar-refractivity contribution is 0.610. The third-order valence-corrected chi connectivity index (χ3v) is 2.07. The van der Waals surface area contributed by atoms with E-state index < -0.39 is 0 Å². The summed E-state index contributed by atoms with van der Waals surface area (Å²) in [6.07, 6.45) is 5.15. The van der Waals surface area contributed by atoms with Crippen LogP contribution in [0.1, 0.15) is 12.5 Å². The summed E-state index contributed by atoms with van der Waals surface area (Å²) in [7, 11) is 0. The van der Waals surface area contributed by atoms with Gasteiger partial charge in [0.25, 0.3) is 0 Å². The maximum absolute atomic E-state index is 13.3. The van der Waals surface area contributed by atoms with Gasteiger partial charge in [-0.1, -0.05) is 24.1 Å². The Morgan fingerprint density at radius 1 is 1.41 bits per heavy atom. The van der Waals surface area contributed by atoms with Crippen LogP contribution in [0.15, 0.2) is 29.3 Å². The third-order valence-electron chi connectivity index (χ3n) is 2.07. The number of hydrogen-bond donors (Lipinski definition) is 2. The van der Waals surface area contributed by atoms with Gasteiger partial charge < -0.3 is 10.6 Å². The number of benzene rings is 1. The van der Waals surface area contributed by atoms with E-state index in [0.717, 1.165) is 6.54 Å². The molecular weight excluding hydrogens is 217 g/mol. The predicted octanol–water partition coefficient (Wildman–Crippen LogP) is 1.51. The molecule has 0 aromatic heterocycles. The molecule has 0 amide bonds. The van der Waals surface area contributed by atoms with Crippen molar-refractivity contribution < 1.29 is 4.39 Å². The zero-order chi connectivity index (χ0) is 12.5. The summed E-state index contributed by atoms with van der Waals surface area (Å²) < 4.78 is 13.3. The third kappa shape index (κ3) is 4.56. The van der Waals surface area contributed by atoms with Crippen molar-refractivity contribution >= 4 is 5.96 Å². The van der Waals surface area contributed by atoms with Crippen LogP contribution in [0, 0.1) is 18.2 Å². The summed E-state index contributed by atoms with van der Waals surface area (Å²) in [5, 5.41) is 5.97. The molecule has 0 heterocycles. The molecular formula is C13H16FN3. The number of nitrogens with one attached hydrogen (secondary N) is 2. The monoisotopic (exact) mass is 233 g/mol. The Morgan fingerprint density at radius 2 is 2.18 bits per heavy atom. The van der Waals surface area contributed by atoms with Crippen LogP contribution in [0.3, 0.4) is 0 Å². The van der Waals surface area contributed by atoms with Crippen molar-refractivity contribution in [1.82, 2.24) is 10.6 Å². The van der Waals surface area contributed by atoms with Crippen molar-refractivity contribution in [2.45, 2.75) is 13.5 Å². The van der Waals surface area contributed by atoms with Gasteiger partial charge in [-0.2, -0.15) is 0 Å². The SMILES string of the molecule is C#CCNC(=NCc1ccccc1F)NCC. The molecule has 0 radical (unpaired) electrons. The van der Waals surface area contributed by atoms with E-state index in [2.05, 4.69) is 21.5 Å². The van der Waals surface area contributed by atoms with Gasteiger partial charge in [-0.15, -0.1) is 6.42 Å². The normalized spacial score (nSPS) is 10.8. The molecule has 0 saturated carbocycles. The van der Waals surface area contributed by atoms with Gasteiger partial charge in [-0.05, 0) is 13.0 Å². The molecule has 0 atom stereocenters. The molecule has 4 heteroatoms. The number of rotatable bonds is 4. The van der Waals surface area contributed by atoms with Crippen molar-refractivity contribution in [3.8, 4) is 12.3 Å². The number of guanidine groups is 1. The van der Waals surface area contributed by atoms with Crippen molar-refractivity contribution in [2.24, 2.45) is 4.99 Å². The minimum Gasteiger partial charge on any atom is -0.357 e. The second-order valence-corrected chi connectivity index (χ2v) is 3.34. The molecule has 0 aliphatic heterocycles. The molecule has 17 heavy (non-hydrogen) atoms. The number of hydrogen-bond acceptors (Lipinski definition) is 1. The van der Waals surface area contributed by atoms with Gasteiger partial charge in [0.2, 0.25) is 0 Å². The zero-order valence-corrected chi connectivity index (χ0v) is 9.83. The zero-order valence-electron chi connectivity index (χ0n) is 9.83. The van der Waals surface area contributed by atoms with E-state index >= 15 is 0 Å². The average molecular weight is 233 g/mol. The molecule has 0 aliphatic rings. The molecule has 1 rings (SSSR count). The largest absolute Gasteiger partial charge is 0.357 e. The molecule has 1 aromatic rings. The Labute approximate surface area is 101 Å². The first-order valence-electron chi connectivity index (χ1n) is 5.47. The molecule has 0 spiro atoms. The molecule has 1 aromatic carbocycles. The first-order valence-corrected chi connectivity index (χ1v) is 5.47. The van der Waals surface area contributed by atoms with Crippen LogP contribution < -0.4 is 10.6 Å². The fourth-order valence-electron chi connectivity index (χ4n) is 1.27. The molecule has 0 unspecified atom stereocenters. The van der Waals surface area contributed by atoms with Crippen molar-refractivity contribution in [3.05, 3.63) is 35.6 Å². The summed E-state index contributed by atoms with van der Waals surface area (Å²) in [4.78, 5) is 4.24. The Bertz CT molecular complexity index is 421. The molecule has 90 valence electrons. The summed E-state index contributed by atoms with van der Waals surface area (Å²) in [5.74, 6) is 2.81. The minimum atomic E-state index is -0.246. The second kappa shape index (κ2) is 7.29. The maximum Gasteiger partial charge on any atom is 0.192 e. The summed E-state index contributed by atoms with van der Waals surface area (Å²) in [5.41, 5.74) is 0.561. The van der Waals surface area contributed by atoms with Crippen LogP contribution in [0.25, 0.3) is 0 Å². The summed E-state index contributed by atoms with van der Waals surface area (Å²) >= 11 is 0. The standard InChI is InChI=1S/C13H16FN3/c1-3-9-16-13(15-4-2)17-10-11-7-5-6-8-12(11)14/h1,5-8H,4,9-10H2,2H3,(H2,15,16,17). The lowest BCUT2D eigenvalue weighted by Gasteiger charge is -2.08. The Kier molecular flexibility index (Phi) is 5.59. The number of terminal acetylenes is 1. The van der Waals surface area contributed by atoms with Crippen LogP contribution in [-0.2, 0) is 6.54 Å². The lowest BCUT2D eigenvalue weighted by Crippen LogP contribution is -2.37. The topological polar surface area (TPSA) is 36.4 Å². The average Bonchev–Trinajstić information content (AvgIpc) is 2.34. The van der Waals surface area contributed by atoms with E-state index in [4.69, 9.17) is 6.42 Å². The molecule has 0 fully saturated rings. The summed E-state index contributed by atoms with van der Waals surface area (Å²) in [6.45, 7) is 3.36. The smallest absolute Gasteiger partial charge is 0.192 e. The van der Waals surface area contributed by atoms with Gasteiger partial charge >= 0.3 is 0 Å². The van der Waals surface area contributed by atoms with Crippen LogP contribution in [0.2, 0.25) is 0 Å². The van der Waals surface area contributed by atoms with Crippen molar-refractivity contribution in [1.29, 1.82) is 0 Å². The van der Waals surface area contributed by atoms with Crippen LogP contribution >= 0.6 is 0 Å². The highest BCUT2D eigenvalue weighted by Crippen LogP contribution is 2.07. The first kappa shape index (κ1) is 13.0. The van der Waals surface area contributed by atoms with Crippen molar-refractivity contribution in [2.75, 3.05) is 13.1 Å². The van der Waals surface area contributed by atoms with Gasteiger partial charge in [0.15, 0.2) is 5.96 Å². The molecule has 0 aliphatic carbocycles. The van der Waals surface area contributed by atoms with Gasteiger partial charge in [-0.3, -0.25) is 0 Å². The van der Waals surface area contributed by atoms with Crippen LogP contribution in [0.5, 0.6) is 0 Å². The summed E-state index contributed by atoms with van der Waals surface area (Å²) in [6, 6.07) is 6.58. The first-order chi connectivity index (χ1) is 8.27. The van der Waals surface area contributed by atoms with Gasteiger partial charge in [0.1, 0.15) is 5.82 Å². The fraction of sp³-hybridized carbons (Fsp3) is 0.308. The van der Waals surface area contributed by atoms with E-state index in [1.165, 1.54) is 6.07 Å². The minimum absolute atomic E-state index is 0.246. The Balaban J connectivity index is 2.65. The maximum atomic E-state index is 13.3. The highest BCUT2D eigenvalue weighted by atomic mass is 19.1. The Hall–Kier alpha value is -2.02. The quantitative estimate of drug-likeness (QED) is 0.470. The van der Waals surface area contributed by atoms with Gasteiger partial charge in [-0.25, -0.2) is 9.38 Å².